The van der Waals surface area contributed by atoms with E-state index in [0.717, 1.165) is 22.4 Å². The summed E-state index contributed by atoms with van der Waals surface area (Å²) >= 11 is 0. The van der Waals surface area contributed by atoms with Gasteiger partial charge in [0.05, 0.1) is 0 Å². The molecule has 6 rings (SSSR count). The quantitative estimate of drug-likeness (QED) is 0.281. The molecule has 188 valence electrons. The minimum absolute atomic E-state index is 0.245. The molecule has 1 N–H and O–H groups in total. The predicted octanol–water partition coefficient (Wildman–Crippen LogP) is 6.64. The van der Waals surface area contributed by atoms with Crippen LogP contribution in [0, 0.1) is 0 Å². The second kappa shape index (κ2) is 10.6. The highest BCUT2D eigenvalue weighted by Gasteiger charge is 2.46. The van der Waals surface area contributed by atoms with Crippen molar-refractivity contribution in [3.8, 4) is 0 Å². The molecule has 1 amide bonds. The van der Waals surface area contributed by atoms with Crippen molar-refractivity contribution in [2.45, 2.75) is 5.79 Å². The van der Waals surface area contributed by atoms with E-state index in [1.54, 1.807) is 12.1 Å². The van der Waals surface area contributed by atoms with Crippen molar-refractivity contribution in [3.05, 3.63) is 174 Å². The summed E-state index contributed by atoms with van der Waals surface area (Å²) in [6.45, 7) is 0. The maximum atomic E-state index is 13.9. The van der Waals surface area contributed by atoms with E-state index in [0.29, 0.717) is 17.2 Å². The molecular weight excluding hydrogens is 480 g/mol. The van der Waals surface area contributed by atoms with Gasteiger partial charge in [0.2, 0.25) is 5.79 Å². The van der Waals surface area contributed by atoms with Crippen molar-refractivity contribution in [1.29, 1.82) is 0 Å². The fourth-order valence-corrected chi connectivity index (χ4v) is 4.76. The van der Waals surface area contributed by atoms with E-state index in [-0.39, 0.29) is 5.91 Å². The molecule has 0 radical (unpaired) electrons. The third-order valence-corrected chi connectivity index (χ3v) is 6.59. The zero-order chi connectivity index (χ0) is 26.5. The van der Waals surface area contributed by atoms with Gasteiger partial charge in [-0.15, -0.1) is 0 Å². The van der Waals surface area contributed by atoms with Crippen LogP contribution in [0.4, 0.5) is 5.69 Å². The van der Waals surface area contributed by atoms with E-state index >= 15 is 0 Å². The van der Waals surface area contributed by atoms with Gasteiger partial charge in [0, 0.05) is 27.9 Å². The fraction of sp³-hybridized carbons (Fsp3) is 0.0294. The van der Waals surface area contributed by atoms with E-state index in [9.17, 15) is 4.79 Å². The van der Waals surface area contributed by atoms with Crippen LogP contribution in [0.15, 0.2) is 162 Å². The zero-order valence-corrected chi connectivity index (χ0v) is 21.2. The standard InChI is InChI=1S/C34H26N4O/c39-33(28-20-10-3-11-21-28)37-34(29-22-12-4-13-23-29)36-31(26-16-6-1-7-17-26)35-32(27-18-8-2-9-19-27)38(34)30-24-14-5-15-25-30/h1-25H,(H,37,39). The SMILES string of the molecule is O=C(NC1(c2ccccc2)N=C(c2ccccc2)N=C(c2ccccc2)N1c1ccccc1)c1ccccc1. The molecule has 0 spiro atoms. The van der Waals surface area contributed by atoms with E-state index in [4.69, 9.17) is 9.98 Å². The van der Waals surface area contributed by atoms with Gasteiger partial charge in [-0.05, 0) is 24.3 Å². The Morgan fingerprint density at radius 1 is 0.590 bits per heavy atom. The number of aliphatic imine (C=N–C) groups is 2. The molecule has 1 aliphatic heterocycles. The normalized spacial score (nSPS) is 16.7. The van der Waals surface area contributed by atoms with Gasteiger partial charge in [-0.3, -0.25) is 9.69 Å². The Kier molecular flexibility index (Phi) is 6.54. The van der Waals surface area contributed by atoms with E-state index in [1.165, 1.54) is 0 Å². The summed E-state index contributed by atoms with van der Waals surface area (Å²) in [5, 5.41) is 3.33. The highest BCUT2D eigenvalue weighted by molar-refractivity contribution is 6.20. The van der Waals surface area contributed by atoms with Gasteiger partial charge in [-0.25, -0.2) is 9.98 Å². The van der Waals surface area contributed by atoms with Crippen LogP contribution in [0.5, 0.6) is 0 Å². The van der Waals surface area contributed by atoms with Crippen molar-refractivity contribution in [1.82, 2.24) is 5.32 Å². The molecule has 39 heavy (non-hydrogen) atoms. The molecule has 5 aromatic carbocycles. The van der Waals surface area contributed by atoms with Crippen LogP contribution in [0.2, 0.25) is 0 Å². The smallest absolute Gasteiger partial charge is 0.254 e. The summed E-state index contributed by atoms with van der Waals surface area (Å²) < 4.78 is 0. The van der Waals surface area contributed by atoms with Crippen molar-refractivity contribution in [2.24, 2.45) is 9.98 Å². The lowest BCUT2D eigenvalue weighted by Gasteiger charge is -2.45. The lowest BCUT2D eigenvalue weighted by molar-refractivity contribution is 0.0903. The zero-order valence-electron chi connectivity index (χ0n) is 21.2. The van der Waals surface area contributed by atoms with E-state index in [2.05, 4.69) is 5.32 Å². The summed E-state index contributed by atoms with van der Waals surface area (Å²) in [5.74, 6) is -0.384. The minimum Gasteiger partial charge on any atom is -0.306 e. The number of anilines is 1. The van der Waals surface area contributed by atoms with Gasteiger partial charge in [0.15, 0.2) is 5.84 Å². The number of nitrogens with zero attached hydrogens (tertiary/aromatic N) is 3. The average molecular weight is 507 g/mol. The van der Waals surface area contributed by atoms with Crippen molar-refractivity contribution in [3.63, 3.8) is 0 Å². The number of amides is 1. The first kappa shape index (κ1) is 24.1. The van der Waals surface area contributed by atoms with Crippen molar-refractivity contribution < 1.29 is 4.79 Å². The maximum absolute atomic E-state index is 13.9. The van der Waals surface area contributed by atoms with Gasteiger partial charge in [-0.2, -0.15) is 0 Å². The molecule has 0 aromatic heterocycles. The van der Waals surface area contributed by atoms with Crippen LogP contribution in [-0.2, 0) is 5.79 Å². The van der Waals surface area contributed by atoms with Gasteiger partial charge in [-0.1, -0.05) is 127 Å². The van der Waals surface area contributed by atoms with Crippen LogP contribution in [0.1, 0.15) is 27.0 Å². The second-order valence-corrected chi connectivity index (χ2v) is 9.13. The monoisotopic (exact) mass is 506 g/mol. The summed E-state index contributed by atoms with van der Waals surface area (Å²) in [4.78, 5) is 26.3. The maximum Gasteiger partial charge on any atom is 0.254 e. The van der Waals surface area contributed by atoms with Crippen LogP contribution in [0.25, 0.3) is 0 Å². The molecule has 1 atom stereocenters. The predicted molar refractivity (Wildman–Crippen MR) is 157 cm³/mol. The molecule has 0 saturated carbocycles. The third kappa shape index (κ3) is 4.74. The van der Waals surface area contributed by atoms with Crippen LogP contribution >= 0.6 is 0 Å². The van der Waals surface area contributed by atoms with Crippen LogP contribution in [-0.4, -0.2) is 17.6 Å². The van der Waals surface area contributed by atoms with Crippen LogP contribution in [0.3, 0.4) is 0 Å². The number of carbonyl (C=O) groups excluding carboxylic acids is 1. The van der Waals surface area contributed by atoms with E-state index in [1.807, 2.05) is 144 Å². The average Bonchev–Trinajstić information content (AvgIpc) is 3.03. The minimum atomic E-state index is -1.34. The molecule has 5 heteroatoms. The second-order valence-electron chi connectivity index (χ2n) is 9.13. The molecule has 1 heterocycles. The number of para-hydroxylation sites is 1. The number of carbonyl (C=O) groups is 1. The van der Waals surface area contributed by atoms with Gasteiger partial charge in [0.1, 0.15) is 5.84 Å². The molecule has 1 aliphatic rings. The summed E-state index contributed by atoms with van der Waals surface area (Å²) in [5.41, 5.74) is 3.94. The Morgan fingerprint density at radius 3 is 1.67 bits per heavy atom. The molecule has 0 bridgehead atoms. The number of rotatable bonds is 6. The number of benzene rings is 5. The molecule has 5 nitrogen and oxygen atoms in total. The summed E-state index contributed by atoms with van der Waals surface area (Å²) in [7, 11) is 0. The first-order valence-electron chi connectivity index (χ1n) is 12.8. The Hall–Kier alpha value is -5.29. The highest BCUT2D eigenvalue weighted by atomic mass is 16.2. The van der Waals surface area contributed by atoms with Gasteiger partial charge >= 0.3 is 0 Å². The number of hydrogen-bond acceptors (Lipinski definition) is 4. The highest BCUT2D eigenvalue weighted by Crippen LogP contribution is 2.38. The lowest BCUT2D eigenvalue weighted by atomic mass is 10.00. The first-order valence-corrected chi connectivity index (χ1v) is 12.8. The van der Waals surface area contributed by atoms with Crippen molar-refractivity contribution >= 4 is 23.3 Å². The Balaban J connectivity index is 1.66. The first-order chi connectivity index (χ1) is 19.2. The summed E-state index contributed by atoms with van der Waals surface area (Å²) in [6, 6.07) is 48.9. The molecule has 0 saturated heterocycles. The fourth-order valence-electron chi connectivity index (χ4n) is 4.76. The molecule has 1 unspecified atom stereocenters. The molecule has 5 aromatic rings. The van der Waals surface area contributed by atoms with Crippen LogP contribution < -0.4 is 10.2 Å². The topological polar surface area (TPSA) is 57.1 Å². The van der Waals surface area contributed by atoms with Gasteiger partial charge in [0.25, 0.3) is 5.91 Å². The third-order valence-electron chi connectivity index (χ3n) is 6.59. The largest absolute Gasteiger partial charge is 0.306 e. The number of amidine groups is 2. The van der Waals surface area contributed by atoms with E-state index < -0.39 is 5.79 Å². The molecule has 0 aliphatic carbocycles. The molecule has 0 fully saturated rings. The number of hydrogen-bond donors (Lipinski definition) is 1. The molecular formula is C34H26N4O. The Labute approximate surface area is 227 Å². The summed E-state index contributed by atoms with van der Waals surface area (Å²) in [6.07, 6.45) is 0. The van der Waals surface area contributed by atoms with Crippen molar-refractivity contribution in [2.75, 3.05) is 4.90 Å². The number of nitrogens with one attached hydrogen (secondary N) is 1. The Morgan fingerprint density at radius 2 is 1.08 bits per heavy atom. The Bertz CT molecular complexity index is 1620. The lowest BCUT2D eigenvalue weighted by Crippen LogP contribution is -2.61. The van der Waals surface area contributed by atoms with Gasteiger partial charge < -0.3 is 5.32 Å².